The maximum absolute atomic E-state index is 5.97. The van der Waals surface area contributed by atoms with E-state index in [1.165, 1.54) is 0 Å². The fraction of sp³-hybridized carbons (Fsp3) is 0.469. The molecule has 0 amide bonds. The van der Waals surface area contributed by atoms with Gasteiger partial charge in [-0.3, -0.25) is 14.9 Å². The van der Waals surface area contributed by atoms with Crippen LogP contribution in [0.4, 0.5) is 11.8 Å². The fourth-order valence-electron chi connectivity index (χ4n) is 7.44. The van der Waals surface area contributed by atoms with Crippen LogP contribution in [0.15, 0.2) is 36.8 Å². The summed E-state index contributed by atoms with van der Waals surface area (Å²) in [6.45, 7) is 9.11. The molecule has 0 spiro atoms. The molecule has 4 aliphatic rings. The number of imidazole rings is 1. The summed E-state index contributed by atoms with van der Waals surface area (Å²) in [6.07, 6.45) is 6.64. The molecule has 0 radical (unpaired) electrons. The Balaban J connectivity index is 1.16. The van der Waals surface area contributed by atoms with Crippen molar-refractivity contribution in [1.29, 1.82) is 0 Å². The number of rotatable bonds is 6. The van der Waals surface area contributed by atoms with E-state index in [0.29, 0.717) is 12.1 Å². The van der Waals surface area contributed by atoms with Crippen LogP contribution in [-0.2, 0) is 16.5 Å². The molecule has 5 aromatic heterocycles. The molecule has 0 unspecified atom stereocenters. The number of nitrogens with zero attached hydrogens (tertiary/aromatic N) is 10. The molecule has 4 fully saturated rings. The monoisotopic (exact) mass is 608 g/mol. The molecular weight excluding hydrogens is 572 g/mol. The number of hydrogen-bond acceptors (Lipinski definition) is 11. The number of methoxy groups -OCH3 is 1. The van der Waals surface area contributed by atoms with Crippen LogP contribution in [0.3, 0.4) is 0 Å². The van der Waals surface area contributed by atoms with E-state index in [-0.39, 0.29) is 6.10 Å². The van der Waals surface area contributed by atoms with Crippen molar-refractivity contribution in [3.05, 3.63) is 42.5 Å². The maximum atomic E-state index is 5.97. The van der Waals surface area contributed by atoms with Gasteiger partial charge in [-0.05, 0) is 25.5 Å². The second kappa shape index (κ2) is 10.4. The summed E-state index contributed by atoms with van der Waals surface area (Å²) in [5.74, 6) is 3.34. The number of ether oxygens (including phenoxy) is 3. The summed E-state index contributed by atoms with van der Waals surface area (Å²) >= 11 is 0. The fourth-order valence-corrected chi connectivity index (χ4v) is 7.44. The molecule has 9 heterocycles. The van der Waals surface area contributed by atoms with Crippen molar-refractivity contribution in [2.75, 3.05) is 69.5 Å². The van der Waals surface area contributed by atoms with Gasteiger partial charge in [-0.25, -0.2) is 14.6 Å². The average Bonchev–Trinajstić information content (AvgIpc) is 3.85. The zero-order valence-corrected chi connectivity index (χ0v) is 25.8. The molecule has 0 aromatic carbocycles. The first kappa shape index (κ1) is 27.0. The van der Waals surface area contributed by atoms with E-state index < -0.39 is 0 Å². The summed E-state index contributed by atoms with van der Waals surface area (Å²) in [6, 6.07) is 6.85. The largest absolute Gasteiger partial charge is 0.496 e. The van der Waals surface area contributed by atoms with Crippen molar-refractivity contribution < 1.29 is 14.2 Å². The Hall–Kier alpha value is -4.33. The van der Waals surface area contributed by atoms with Crippen molar-refractivity contribution in [3.63, 3.8) is 0 Å². The third-order valence-electron chi connectivity index (χ3n) is 9.95. The number of fused-ring (bicyclic) bond motifs is 4. The molecule has 2 bridgehead atoms. The summed E-state index contributed by atoms with van der Waals surface area (Å²) in [5, 5.41) is 5.83. The second-order valence-electron chi connectivity index (χ2n) is 12.5. The van der Waals surface area contributed by atoms with Crippen LogP contribution in [-0.4, -0.2) is 117 Å². The van der Waals surface area contributed by atoms with Crippen LogP contribution in [0.2, 0.25) is 0 Å². The van der Waals surface area contributed by atoms with Crippen molar-refractivity contribution in [2.24, 2.45) is 7.05 Å². The topological polar surface area (TPSA) is 112 Å². The van der Waals surface area contributed by atoms with E-state index in [4.69, 9.17) is 34.3 Å². The molecule has 0 N–H and O–H groups in total. The lowest BCUT2D eigenvalue weighted by atomic mass is 10.1. The predicted octanol–water partition coefficient (Wildman–Crippen LogP) is 2.58. The Bertz CT molecular complexity index is 1930. The van der Waals surface area contributed by atoms with Crippen LogP contribution in [0, 0.1) is 6.92 Å². The Labute approximate surface area is 260 Å². The first-order valence-electron chi connectivity index (χ1n) is 15.7. The highest BCUT2D eigenvalue weighted by atomic mass is 16.5. The Morgan fingerprint density at radius 3 is 2.62 bits per heavy atom. The minimum absolute atomic E-state index is 0.236. The van der Waals surface area contributed by atoms with E-state index in [9.17, 15) is 0 Å². The number of aryl methyl sites for hydroxylation is 2. The highest BCUT2D eigenvalue weighted by Gasteiger charge is 2.41. The second-order valence-corrected chi connectivity index (χ2v) is 12.5. The average molecular weight is 609 g/mol. The summed E-state index contributed by atoms with van der Waals surface area (Å²) in [4.78, 5) is 27.1. The Kier molecular flexibility index (Phi) is 6.22. The normalized spacial score (nSPS) is 22.2. The highest BCUT2D eigenvalue weighted by Crippen LogP contribution is 2.39. The lowest BCUT2D eigenvalue weighted by Gasteiger charge is -2.46. The standard InChI is InChI=1S/C32H36N10O3/c1-19-23-14-34-42(26(23)11-25(35-19)24-13-33-5-4-28(24)43-3)29-12-27-30(31(36-29)41-17-22-10-20(41)18-45-22)37-32(38(27)2)40-15-21(16-40)39-6-8-44-9-7-39/h4-5,11-14,20-22H,6-10,15-18H2,1-3H3/t20-,22-/m1/s1. The van der Waals surface area contributed by atoms with E-state index in [0.717, 1.165) is 121 Å². The maximum Gasteiger partial charge on any atom is 0.206 e. The van der Waals surface area contributed by atoms with E-state index in [1.807, 2.05) is 29.9 Å². The van der Waals surface area contributed by atoms with Gasteiger partial charge in [-0.15, -0.1) is 0 Å². The van der Waals surface area contributed by atoms with Crippen LogP contribution in [0.25, 0.3) is 39.0 Å². The van der Waals surface area contributed by atoms with Gasteiger partial charge in [-0.2, -0.15) is 5.10 Å². The zero-order valence-electron chi connectivity index (χ0n) is 25.8. The lowest BCUT2D eigenvalue weighted by Crippen LogP contribution is -2.62. The van der Waals surface area contributed by atoms with Crippen molar-refractivity contribution in [2.45, 2.75) is 31.5 Å². The number of anilines is 2. The van der Waals surface area contributed by atoms with Crippen LogP contribution in [0.1, 0.15) is 12.1 Å². The van der Waals surface area contributed by atoms with Crippen LogP contribution < -0.4 is 14.5 Å². The molecule has 9 rings (SSSR count). The van der Waals surface area contributed by atoms with E-state index >= 15 is 0 Å². The van der Waals surface area contributed by atoms with Crippen LogP contribution >= 0.6 is 0 Å². The Morgan fingerprint density at radius 2 is 1.84 bits per heavy atom. The SMILES string of the molecule is COc1ccncc1-c1cc2c(cnn2-c2cc3c(nc(N4CC(N5CCOCC5)C4)n3C)c(N3C[C@H]4C[C@@H]3CO4)n2)c(C)n1. The van der Waals surface area contributed by atoms with Gasteiger partial charge in [0.15, 0.2) is 11.6 Å². The molecule has 5 aromatic rings. The summed E-state index contributed by atoms with van der Waals surface area (Å²) in [7, 11) is 3.78. The Morgan fingerprint density at radius 1 is 0.978 bits per heavy atom. The van der Waals surface area contributed by atoms with Crippen molar-refractivity contribution in [1.82, 2.24) is 39.2 Å². The van der Waals surface area contributed by atoms with Gasteiger partial charge in [-0.1, -0.05) is 0 Å². The highest BCUT2D eigenvalue weighted by molar-refractivity contribution is 5.92. The van der Waals surface area contributed by atoms with E-state index in [1.54, 1.807) is 19.5 Å². The van der Waals surface area contributed by atoms with Gasteiger partial charge >= 0.3 is 0 Å². The number of morpholine rings is 2. The molecular formula is C32H36N10O3. The van der Waals surface area contributed by atoms with Gasteiger partial charge in [0.05, 0.1) is 67.6 Å². The molecule has 13 nitrogen and oxygen atoms in total. The van der Waals surface area contributed by atoms with Crippen molar-refractivity contribution in [3.8, 4) is 22.8 Å². The zero-order chi connectivity index (χ0) is 30.2. The third-order valence-corrected chi connectivity index (χ3v) is 9.95. The first-order valence-corrected chi connectivity index (χ1v) is 15.7. The minimum atomic E-state index is 0.236. The lowest BCUT2D eigenvalue weighted by molar-refractivity contribution is 0.0102. The van der Waals surface area contributed by atoms with Gasteiger partial charge in [0.1, 0.15) is 11.3 Å². The minimum Gasteiger partial charge on any atom is -0.496 e. The van der Waals surface area contributed by atoms with Gasteiger partial charge in [0.2, 0.25) is 5.95 Å². The van der Waals surface area contributed by atoms with Crippen LogP contribution in [0.5, 0.6) is 5.75 Å². The smallest absolute Gasteiger partial charge is 0.206 e. The molecule has 232 valence electrons. The molecule has 4 saturated heterocycles. The van der Waals surface area contributed by atoms with Gasteiger partial charge in [0, 0.05) is 75.4 Å². The third kappa shape index (κ3) is 4.28. The van der Waals surface area contributed by atoms with Gasteiger partial charge < -0.3 is 28.6 Å². The molecule has 0 saturated carbocycles. The number of hydrogen-bond donors (Lipinski definition) is 0. The number of pyridine rings is 3. The van der Waals surface area contributed by atoms with Crippen molar-refractivity contribution >= 4 is 33.7 Å². The molecule has 4 aliphatic heterocycles. The predicted molar refractivity (Wildman–Crippen MR) is 169 cm³/mol. The molecule has 13 heteroatoms. The quantitative estimate of drug-likeness (QED) is 0.284. The summed E-state index contributed by atoms with van der Waals surface area (Å²) < 4.78 is 21.3. The van der Waals surface area contributed by atoms with E-state index in [2.05, 4.69) is 37.4 Å². The first-order chi connectivity index (χ1) is 22.1. The van der Waals surface area contributed by atoms with Gasteiger partial charge in [0.25, 0.3) is 0 Å². The summed E-state index contributed by atoms with van der Waals surface area (Å²) in [5.41, 5.74) is 5.37. The molecule has 45 heavy (non-hydrogen) atoms. The molecule has 0 aliphatic carbocycles. The number of aromatic nitrogens is 7. The molecule has 2 atom stereocenters.